The number of hydrogen-bond donors (Lipinski definition) is 1. The Balaban J connectivity index is 1.46. The molecule has 1 aromatic heterocycles. The van der Waals surface area contributed by atoms with Gasteiger partial charge >= 0.3 is 0 Å². The smallest absolute Gasteiger partial charge is 0.251 e. The van der Waals surface area contributed by atoms with Crippen molar-refractivity contribution in [3.8, 4) is 0 Å². The van der Waals surface area contributed by atoms with Crippen LogP contribution in [0, 0.1) is 0 Å². The van der Waals surface area contributed by atoms with Crippen LogP contribution in [0.5, 0.6) is 0 Å². The Morgan fingerprint density at radius 3 is 2.72 bits per heavy atom. The average molecular weight is 379 g/mol. The molecule has 1 N–H and O–H groups in total. The summed E-state index contributed by atoms with van der Waals surface area (Å²) in [5.74, 6) is -0.131. The molecular formula is C18H22N2O3S2. The topological polar surface area (TPSA) is 66.5 Å². The van der Waals surface area contributed by atoms with Crippen LogP contribution >= 0.6 is 11.3 Å². The second-order valence-electron chi connectivity index (χ2n) is 6.42. The fourth-order valence-electron chi connectivity index (χ4n) is 2.96. The summed E-state index contributed by atoms with van der Waals surface area (Å²) in [5.41, 5.74) is 2.70. The summed E-state index contributed by atoms with van der Waals surface area (Å²) in [4.78, 5) is 16.0. The van der Waals surface area contributed by atoms with Crippen LogP contribution in [0.3, 0.4) is 0 Å². The highest BCUT2D eigenvalue weighted by Crippen LogP contribution is 2.23. The SMILES string of the molecule is CS(=O)(=O)Cc1ccc(C(=O)NCCN2CCc3ccsc3C2)cc1. The first-order chi connectivity index (χ1) is 11.9. The molecule has 0 atom stereocenters. The van der Waals surface area contributed by atoms with E-state index in [-0.39, 0.29) is 11.7 Å². The molecule has 25 heavy (non-hydrogen) atoms. The molecule has 1 aliphatic heterocycles. The van der Waals surface area contributed by atoms with Crippen LogP contribution in [-0.4, -0.2) is 45.1 Å². The fraction of sp³-hybridized carbons (Fsp3) is 0.389. The number of benzene rings is 1. The van der Waals surface area contributed by atoms with Gasteiger partial charge in [0.2, 0.25) is 0 Å². The Morgan fingerprint density at radius 2 is 2.00 bits per heavy atom. The maximum absolute atomic E-state index is 12.2. The number of nitrogens with one attached hydrogen (secondary N) is 1. The molecule has 0 radical (unpaired) electrons. The van der Waals surface area contributed by atoms with Crippen molar-refractivity contribution >= 4 is 27.1 Å². The first-order valence-corrected chi connectivity index (χ1v) is 11.2. The molecule has 134 valence electrons. The van der Waals surface area contributed by atoms with Crippen LogP contribution in [0.2, 0.25) is 0 Å². The van der Waals surface area contributed by atoms with Crippen LogP contribution < -0.4 is 5.32 Å². The number of hydrogen-bond acceptors (Lipinski definition) is 5. The standard InChI is InChI=1S/C18H22N2O3S2/c1-25(22,23)13-14-2-4-16(5-3-14)18(21)19-8-10-20-9-6-15-7-11-24-17(15)12-20/h2-5,7,11H,6,8-10,12-13H2,1H3,(H,19,21). The van der Waals surface area contributed by atoms with E-state index in [1.807, 2.05) is 0 Å². The van der Waals surface area contributed by atoms with Crippen LogP contribution in [0.4, 0.5) is 0 Å². The molecule has 0 saturated carbocycles. The van der Waals surface area contributed by atoms with Crippen molar-refractivity contribution in [2.45, 2.75) is 18.7 Å². The second kappa shape index (κ2) is 7.68. The third kappa shape index (κ3) is 5.14. The molecule has 1 aromatic carbocycles. The summed E-state index contributed by atoms with van der Waals surface area (Å²) in [7, 11) is -3.06. The summed E-state index contributed by atoms with van der Waals surface area (Å²) in [6.07, 6.45) is 2.28. The van der Waals surface area contributed by atoms with Crippen molar-refractivity contribution in [1.82, 2.24) is 10.2 Å². The molecule has 0 bridgehead atoms. The van der Waals surface area contributed by atoms with Gasteiger partial charge in [0, 0.05) is 42.9 Å². The van der Waals surface area contributed by atoms with Gasteiger partial charge in [0.1, 0.15) is 0 Å². The van der Waals surface area contributed by atoms with E-state index < -0.39 is 9.84 Å². The minimum Gasteiger partial charge on any atom is -0.351 e. The van der Waals surface area contributed by atoms with Crippen molar-refractivity contribution in [2.75, 3.05) is 25.9 Å². The average Bonchev–Trinajstić information content (AvgIpc) is 3.01. The van der Waals surface area contributed by atoms with Gasteiger partial charge in [0.15, 0.2) is 9.84 Å². The maximum Gasteiger partial charge on any atom is 0.251 e. The number of nitrogens with zero attached hydrogens (tertiary/aromatic N) is 1. The van der Waals surface area contributed by atoms with Gasteiger partial charge < -0.3 is 5.32 Å². The highest BCUT2D eigenvalue weighted by atomic mass is 32.2. The normalized spacial score (nSPS) is 14.9. The lowest BCUT2D eigenvalue weighted by Gasteiger charge is -2.26. The first kappa shape index (κ1) is 18.1. The lowest BCUT2D eigenvalue weighted by atomic mass is 10.1. The van der Waals surface area contributed by atoms with Crippen molar-refractivity contribution in [1.29, 1.82) is 0 Å². The predicted molar refractivity (Wildman–Crippen MR) is 101 cm³/mol. The number of carbonyl (C=O) groups is 1. The van der Waals surface area contributed by atoms with Crippen molar-refractivity contribution < 1.29 is 13.2 Å². The Kier molecular flexibility index (Phi) is 5.56. The number of rotatable bonds is 6. The zero-order valence-electron chi connectivity index (χ0n) is 14.2. The lowest BCUT2D eigenvalue weighted by Crippen LogP contribution is -2.37. The number of fused-ring (bicyclic) bond motifs is 1. The highest BCUT2D eigenvalue weighted by molar-refractivity contribution is 7.89. The Hall–Kier alpha value is -1.70. The van der Waals surface area contributed by atoms with Crippen molar-refractivity contribution in [2.24, 2.45) is 0 Å². The molecule has 1 aliphatic rings. The van der Waals surface area contributed by atoms with Gasteiger partial charge in [-0.05, 0) is 41.1 Å². The van der Waals surface area contributed by atoms with Gasteiger partial charge in [0.05, 0.1) is 5.75 Å². The number of sulfone groups is 1. The molecule has 0 saturated heterocycles. The van der Waals surface area contributed by atoms with E-state index in [9.17, 15) is 13.2 Å². The van der Waals surface area contributed by atoms with Gasteiger partial charge in [-0.1, -0.05) is 12.1 Å². The van der Waals surface area contributed by atoms with Crippen LogP contribution in [0.15, 0.2) is 35.7 Å². The van der Waals surface area contributed by atoms with Gasteiger partial charge in [-0.25, -0.2) is 8.42 Å². The first-order valence-electron chi connectivity index (χ1n) is 8.23. The second-order valence-corrected chi connectivity index (χ2v) is 9.56. The third-order valence-corrected chi connectivity index (χ3v) is 6.07. The zero-order valence-corrected chi connectivity index (χ0v) is 15.8. The zero-order chi connectivity index (χ0) is 17.9. The van der Waals surface area contributed by atoms with E-state index in [4.69, 9.17) is 0 Å². The largest absolute Gasteiger partial charge is 0.351 e. The van der Waals surface area contributed by atoms with Gasteiger partial charge in [-0.15, -0.1) is 11.3 Å². The maximum atomic E-state index is 12.2. The van der Waals surface area contributed by atoms with E-state index in [1.165, 1.54) is 16.7 Å². The van der Waals surface area contributed by atoms with Gasteiger partial charge in [0.25, 0.3) is 5.91 Å². The summed E-state index contributed by atoms with van der Waals surface area (Å²) in [6, 6.07) is 8.94. The van der Waals surface area contributed by atoms with Crippen LogP contribution in [-0.2, 0) is 28.6 Å². The molecule has 0 spiro atoms. The molecule has 0 fully saturated rings. The molecule has 0 unspecified atom stereocenters. The van der Waals surface area contributed by atoms with E-state index in [2.05, 4.69) is 21.7 Å². The van der Waals surface area contributed by atoms with E-state index in [0.717, 1.165) is 26.1 Å². The Bertz CT molecular complexity index is 841. The predicted octanol–water partition coefficient (Wildman–Crippen LogP) is 2.08. The molecule has 5 nitrogen and oxygen atoms in total. The quantitative estimate of drug-likeness (QED) is 0.836. The third-order valence-electron chi connectivity index (χ3n) is 4.26. The highest BCUT2D eigenvalue weighted by Gasteiger charge is 2.17. The van der Waals surface area contributed by atoms with E-state index in [0.29, 0.717) is 17.7 Å². The summed E-state index contributed by atoms with van der Waals surface area (Å²) in [5, 5.41) is 5.08. The molecule has 2 aromatic rings. The molecule has 7 heteroatoms. The molecular weight excluding hydrogens is 356 g/mol. The minimum atomic E-state index is -3.06. The van der Waals surface area contributed by atoms with E-state index in [1.54, 1.807) is 35.6 Å². The number of thiophene rings is 1. The Labute approximate surface area is 152 Å². The van der Waals surface area contributed by atoms with Crippen LogP contribution in [0.25, 0.3) is 0 Å². The summed E-state index contributed by atoms with van der Waals surface area (Å²) in [6.45, 7) is 3.42. The van der Waals surface area contributed by atoms with E-state index >= 15 is 0 Å². The Morgan fingerprint density at radius 1 is 1.24 bits per heavy atom. The fourth-order valence-corrected chi connectivity index (χ4v) is 4.74. The molecule has 0 aliphatic carbocycles. The monoisotopic (exact) mass is 378 g/mol. The van der Waals surface area contributed by atoms with Crippen LogP contribution in [0.1, 0.15) is 26.4 Å². The molecule has 1 amide bonds. The number of amides is 1. The van der Waals surface area contributed by atoms with Crippen molar-refractivity contribution in [3.05, 3.63) is 57.3 Å². The lowest BCUT2D eigenvalue weighted by molar-refractivity contribution is 0.0947. The number of carbonyl (C=O) groups excluding carboxylic acids is 1. The van der Waals surface area contributed by atoms with Crippen molar-refractivity contribution in [3.63, 3.8) is 0 Å². The summed E-state index contributed by atoms with van der Waals surface area (Å²) >= 11 is 1.80. The summed E-state index contributed by atoms with van der Waals surface area (Å²) < 4.78 is 22.6. The molecule has 3 rings (SSSR count). The van der Waals surface area contributed by atoms with Gasteiger partial charge in [-0.3, -0.25) is 9.69 Å². The minimum absolute atomic E-state index is 0.00539. The molecule has 2 heterocycles. The van der Waals surface area contributed by atoms with Gasteiger partial charge in [-0.2, -0.15) is 0 Å².